The molecule has 0 fully saturated rings. The van der Waals surface area contributed by atoms with Gasteiger partial charge in [-0.1, -0.05) is 26.0 Å². The number of rotatable bonds is 14. The molecule has 0 aromatic heterocycles. The number of phenols is 1. The molecule has 0 radical (unpaired) electrons. The molecule has 0 aliphatic carbocycles. The Hall–Kier alpha value is -3.71. The Kier molecular flexibility index (Phi) is 11.6. The van der Waals surface area contributed by atoms with Crippen molar-refractivity contribution in [3.05, 3.63) is 29.8 Å². The number of aliphatic carboxylic acids is 1. The fraction of sp³-hybridized carbons (Fsp3) is 0.500. The van der Waals surface area contributed by atoms with Crippen LogP contribution in [-0.4, -0.2) is 75.7 Å². The normalized spacial score (nSPS) is 14.3. The van der Waals surface area contributed by atoms with Gasteiger partial charge in [-0.2, -0.15) is 0 Å². The lowest BCUT2D eigenvalue weighted by atomic mass is 10.0. The number of aliphatic hydroxyl groups is 1. The lowest BCUT2D eigenvalue weighted by Crippen LogP contribution is -2.59. The Bertz CT molecular complexity index is 906. The van der Waals surface area contributed by atoms with Crippen molar-refractivity contribution in [1.29, 1.82) is 0 Å². The van der Waals surface area contributed by atoms with Crippen molar-refractivity contribution < 1.29 is 39.3 Å². The summed E-state index contributed by atoms with van der Waals surface area (Å²) in [7, 11) is 0. The van der Waals surface area contributed by atoms with Crippen molar-refractivity contribution in [3.8, 4) is 5.75 Å². The van der Waals surface area contributed by atoms with E-state index in [1.54, 1.807) is 13.8 Å². The van der Waals surface area contributed by atoms with Crippen LogP contribution in [0, 0.1) is 5.92 Å². The van der Waals surface area contributed by atoms with Gasteiger partial charge in [0.15, 0.2) is 0 Å². The Morgan fingerprint density at radius 2 is 1.49 bits per heavy atom. The number of primary amides is 1. The second-order valence-corrected chi connectivity index (χ2v) is 8.36. The van der Waals surface area contributed by atoms with E-state index in [2.05, 4.69) is 16.0 Å². The molecule has 1 aromatic carbocycles. The first-order chi connectivity index (χ1) is 16.3. The fourth-order valence-corrected chi connectivity index (χ4v) is 3.02. The van der Waals surface area contributed by atoms with E-state index in [-0.39, 0.29) is 25.0 Å². The zero-order valence-corrected chi connectivity index (χ0v) is 19.6. The van der Waals surface area contributed by atoms with Crippen LogP contribution in [0.25, 0.3) is 0 Å². The molecule has 0 spiro atoms. The number of benzene rings is 1. The van der Waals surface area contributed by atoms with Crippen molar-refractivity contribution in [2.24, 2.45) is 17.4 Å². The summed E-state index contributed by atoms with van der Waals surface area (Å²) < 4.78 is 0. The average molecular weight is 496 g/mol. The molecule has 35 heavy (non-hydrogen) atoms. The van der Waals surface area contributed by atoms with Gasteiger partial charge >= 0.3 is 5.97 Å². The van der Waals surface area contributed by atoms with Crippen molar-refractivity contribution in [3.63, 3.8) is 0 Å². The van der Waals surface area contributed by atoms with E-state index in [4.69, 9.17) is 11.5 Å². The van der Waals surface area contributed by atoms with Crippen LogP contribution in [0.3, 0.4) is 0 Å². The smallest absolute Gasteiger partial charge is 0.326 e. The Morgan fingerprint density at radius 1 is 0.914 bits per heavy atom. The molecule has 4 atom stereocenters. The van der Waals surface area contributed by atoms with E-state index in [9.17, 15) is 39.3 Å². The summed E-state index contributed by atoms with van der Waals surface area (Å²) in [5, 5.41) is 35.4. The number of amides is 4. The van der Waals surface area contributed by atoms with E-state index in [0.29, 0.717) is 5.56 Å². The summed E-state index contributed by atoms with van der Waals surface area (Å²) >= 11 is 0. The maximum Gasteiger partial charge on any atom is 0.326 e. The van der Waals surface area contributed by atoms with Gasteiger partial charge in [0.25, 0.3) is 0 Å². The van der Waals surface area contributed by atoms with Crippen LogP contribution < -0.4 is 27.4 Å². The first-order valence-corrected chi connectivity index (χ1v) is 10.9. The van der Waals surface area contributed by atoms with Crippen LogP contribution in [0.15, 0.2) is 24.3 Å². The van der Waals surface area contributed by atoms with E-state index < -0.39 is 66.3 Å². The first-order valence-electron chi connectivity index (χ1n) is 10.9. The van der Waals surface area contributed by atoms with Crippen molar-refractivity contribution in [2.75, 3.05) is 6.61 Å². The maximum absolute atomic E-state index is 12.8. The highest BCUT2D eigenvalue weighted by Gasteiger charge is 2.31. The molecule has 1 aromatic rings. The number of nitrogens with one attached hydrogen (secondary N) is 3. The first kappa shape index (κ1) is 29.3. The van der Waals surface area contributed by atoms with Crippen LogP contribution in [0.4, 0.5) is 0 Å². The van der Waals surface area contributed by atoms with Crippen molar-refractivity contribution in [2.45, 2.75) is 57.3 Å². The molecule has 10 N–H and O–H groups in total. The molecule has 4 amide bonds. The largest absolute Gasteiger partial charge is 0.508 e. The highest BCUT2D eigenvalue weighted by molar-refractivity contribution is 5.94. The molecule has 0 heterocycles. The summed E-state index contributed by atoms with van der Waals surface area (Å²) in [4.78, 5) is 60.2. The third-order valence-electron chi connectivity index (χ3n) is 5.09. The number of nitrogens with two attached hydrogens (primary N) is 2. The quantitative estimate of drug-likeness (QED) is 0.138. The average Bonchev–Trinajstić information content (AvgIpc) is 2.79. The molecular weight excluding hydrogens is 462 g/mol. The summed E-state index contributed by atoms with van der Waals surface area (Å²) in [6, 6.07) is 0.633. The van der Waals surface area contributed by atoms with Crippen LogP contribution in [0.2, 0.25) is 0 Å². The summed E-state index contributed by atoms with van der Waals surface area (Å²) in [6.45, 7) is 2.43. The molecule has 194 valence electrons. The number of hydrogen-bond donors (Lipinski definition) is 8. The molecule has 0 saturated carbocycles. The van der Waals surface area contributed by atoms with Gasteiger partial charge < -0.3 is 42.7 Å². The summed E-state index contributed by atoms with van der Waals surface area (Å²) in [5.41, 5.74) is 11.3. The van der Waals surface area contributed by atoms with Crippen LogP contribution in [0.1, 0.15) is 32.3 Å². The Labute approximate surface area is 202 Å². The topological polar surface area (TPSA) is 234 Å². The third-order valence-corrected chi connectivity index (χ3v) is 5.09. The van der Waals surface area contributed by atoms with Crippen LogP contribution >= 0.6 is 0 Å². The van der Waals surface area contributed by atoms with E-state index in [1.807, 2.05) is 0 Å². The number of hydrogen-bond acceptors (Lipinski definition) is 8. The second kappa shape index (κ2) is 13.9. The summed E-state index contributed by atoms with van der Waals surface area (Å²) in [6.07, 6.45) is -0.247. The van der Waals surface area contributed by atoms with Gasteiger partial charge in [-0.3, -0.25) is 19.2 Å². The maximum atomic E-state index is 12.8. The number of carbonyl (C=O) groups is 5. The van der Waals surface area contributed by atoms with Crippen LogP contribution in [-0.2, 0) is 30.4 Å². The minimum absolute atomic E-state index is 0.00617. The Balaban J connectivity index is 2.83. The van der Waals surface area contributed by atoms with E-state index >= 15 is 0 Å². The lowest BCUT2D eigenvalue weighted by Gasteiger charge is -2.26. The molecule has 4 unspecified atom stereocenters. The lowest BCUT2D eigenvalue weighted by molar-refractivity contribution is -0.142. The van der Waals surface area contributed by atoms with Gasteiger partial charge in [0.2, 0.25) is 23.6 Å². The fourth-order valence-electron chi connectivity index (χ4n) is 3.02. The van der Waals surface area contributed by atoms with Gasteiger partial charge in [-0.05, 0) is 30.0 Å². The van der Waals surface area contributed by atoms with Gasteiger partial charge in [0.1, 0.15) is 23.9 Å². The molecular formula is C22H33N5O8. The standard InChI is InChI=1S/C22H33N5O8/c1-11(2)18(27-19(31)14(23)7-8-17(24)30)21(33)26-16(10-28)20(32)25-15(22(34)35)9-12-3-5-13(29)6-4-12/h3-6,11,14-16,18,28-29H,7-10,23H2,1-2H3,(H2,24,30)(H,25,32)(H,26,33)(H,27,31)(H,34,35). The molecule has 13 nitrogen and oxygen atoms in total. The predicted octanol–water partition coefficient (Wildman–Crippen LogP) is -2.29. The zero-order chi connectivity index (χ0) is 26.7. The summed E-state index contributed by atoms with van der Waals surface area (Å²) in [5.74, 6) is -4.86. The number of aliphatic hydroxyl groups excluding tert-OH is 1. The van der Waals surface area contributed by atoms with Crippen LogP contribution in [0.5, 0.6) is 5.75 Å². The second-order valence-electron chi connectivity index (χ2n) is 8.36. The van der Waals surface area contributed by atoms with Crippen molar-refractivity contribution >= 4 is 29.6 Å². The zero-order valence-electron chi connectivity index (χ0n) is 19.6. The minimum Gasteiger partial charge on any atom is -0.508 e. The number of carboxylic acids is 1. The molecule has 0 aliphatic rings. The molecule has 0 aliphatic heterocycles. The SMILES string of the molecule is CC(C)C(NC(=O)C(N)CCC(N)=O)C(=O)NC(CO)C(=O)NC(Cc1ccc(O)cc1)C(=O)O. The number of aromatic hydroxyl groups is 1. The Morgan fingerprint density at radius 3 is 1.97 bits per heavy atom. The number of phenolic OH excluding ortho intramolecular Hbond substituents is 1. The molecule has 0 bridgehead atoms. The molecule has 13 heteroatoms. The highest BCUT2D eigenvalue weighted by atomic mass is 16.4. The van der Waals surface area contributed by atoms with Gasteiger partial charge in [-0.25, -0.2) is 4.79 Å². The van der Waals surface area contributed by atoms with Gasteiger partial charge in [-0.15, -0.1) is 0 Å². The highest BCUT2D eigenvalue weighted by Crippen LogP contribution is 2.12. The van der Waals surface area contributed by atoms with Gasteiger partial charge in [0.05, 0.1) is 12.6 Å². The predicted molar refractivity (Wildman–Crippen MR) is 124 cm³/mol. The number of carboxylic acid groups (broad SMARTS) is 1. The third kappa shape index (κ3) is 9.98. The minimum atomic E-state index is -1.49. The number of carbonyl (C=O) groups excluding carboxylic acids is 4. The molecule has 1 rings (SSSR count). The van der Waals surface area contributed by atoms with Gasteiger partial charge in [0, 0.05) is 12.8 Å². The monoisotopic (exact) mass is 495 g/mol. The molecule has 0 saturated heterocycles. The van der Waals surface area contributed by atoms with Crippen molar-refractivity contribution in [1.82, 2.24) is 16.0 Å². The van der Waals surface area contributed by atoms with E-state index in [1.165, 1.54) is 24.3 Å². The van der Waals surface area contributed by atoms with E-state index in [0.717, 1.165) is 0 Å².